The van der Waals surface area contributed by atoms with Gasteiger partial charge in [0, 0.05) is 19.0 Å². The second-order valence-electron chi connectivity index (χ2n) is 3.79. The molecule has 1 unspecified atom stereocenters. The van der Waals surface area contributed by atoms with E-state index in [2.05, 4.69) is 4.74 Å². The number of rotatable bonds is 2. The van der Waals surface area contributed by atoms with Gasteiger partial charge in [-0.05, 0) is 18.8 Å². The lowest BCUT2D eigenvalue weighted by atomic mass is 9.86. The SMILES string of the molecule is COC(=O)N1CCC(C(C)C=O)CC1. The van der Waals surface area contributed by atoms with Crippen molar-refractivity contribution in [3.8, 4) is 0 Å². The van der Waals surface area contributed by atoms with Gasteiger partial charge in [0.05, 0.1) is 7.11 Å². The second kappa shape index (κ2) is 4.98. The molecule has 14 heavy (non-hydrogen) atoms. The highest BCUT2D eigenvalue weighted by molar-refractivity contribution is 5.67. The molecule has 1 aliphatic rings. The van der Waals surface area contributed by atoms with Crippen LogP contribution in [0.3, 0.4) is 0 Å². The Morgan fingerprint density at radius 2 is 2.07 bits per heavy atom. The fraction of sp³-hybridized carbons (Fsp3) is 0.800. The molecule has 0 bridgehead atoms. The summed E-state index contributed by atoms with van der Waals surface area (Å²) in [4.78, 5) is 23.4. The molecule has 0 aromatic heterocycles. The molecule has 1 fully saturated rings. The van der Waals surface area contributed by atoms with E-state index in [0.29, 0.717) is 19.0 Å². The molecular formula is C10H17NO3. The summed E-state index contributed by atoms with van der Waals surface area (Å²) in [6, 6.07) is 0. The van der Waals surface area contributed by atoms with Crippen LogP contribution in [0.25, 0.3) is 0 Å². The summed E-state index contributed by atoms with van der Waals surface area (Å²) in [7, 11) is 1.39. The van der Waals surface area contributed by atoms with Crippen molar-refractivity contribution in [2.24, 2.45) is 11.8 Å². The number of carbonyl (C=O) groups is 2. The van der Waals surface area contributed by atoms with Crippen LogP contribution in [-0.4, -0.2) is 37.5 Å². The number of aldehydes is 1. The van der Waals surface area contributed by atoms with Crippen LogP contribution in [-0.2, 0) is 9.53 Å². The van der Waals surface area contributed by atoms with Gasteiger partial charge in [-0.1, -0.05) is 6.92 Å². The monoisotopic (exact) mass is 199 g/mol. The lowest BCUT2D eigenvalue weighted by Crippen LogP contribution is -2.39. The zero-order valence-electron chi connectivity index (χ0n) is 8.73. The van der Waals surface area contributed by atoms with Crippen molar-refractivity contribution in [2.45, 2.75) is 19.8 Å². The number of methoxy groups -OCH3 is 1. The van der Waals surface area contributed by atoms with Crippen LogP contribution in [0.4, 0.5) is 4.79 Å². The smallest absolute Gasteiger partial charge is 0.409 e. The standard InChI is InChI=1S/C10H17NO3/c1-8(7-12)9-3-5-11(6-4-9)10(13)14-2/h7-9H,3-6H2,1-2H3. The summed E-state index contributed by atoms with van der Waals surface area (Å²) in [5, 5.41) is 0. The Morgan fingerprint density at radius 1 is 1.50 bits per heavy atom. The first-order valence-electron chi connectivity index (χ1n) is 4.97. The largest absolute Gasteiger partial charge is 0.453 e. The van der Waals surface area contributed by atoms with Gasteiger partial charge in [-0.15, -0.1) is 0 Å². The van der Waals surface area contributed by atoms with Gasteiger partial charge >= 0.3 is 6.09 Å². The average Bonchev–Trinajstić information content (AvgIpc) is 2.27. The van der Waals surface area contributed by atoms with E-state index in [1.807, 2.05) is 6.92 Å². The maximum atomic E-state index is 11.1. The van der Waals surface area contributed by atoms with E-state index in [0.717, 1.165) is 19.1 Å². The van der Waals surface area contributed by atoms with E-state index in [1.54, 1.807) is 4.90 Å². The van der Waals surface area contributed by atoms with Gasteiger partial charge in [-0.2, -0.15) is 0 Å². The van der Waals surface area contributed by atoms with E-state index < -0.39 is 0 Å². The number of likely N-dealkylation sites (tertiary alicyclic amines) is 1. The topological polar surface area (TPSA) is 46.6 Å². The van der Waals surface area contributed by atoms with Gasteiger partial charge in [0.2, 0.25) is 0 Å². The maximum absolute atomic E-state index is 11.1. The molecular weight excluding hydrogens is 182 g/mol. The number of amides is 1. The Morgan fingerprint density at radius 3 is 2.50 bits per heavy atom. The van der Waals surface area contributed by atoms with Crippen LogP contribution in [0.5, 0.6) is 0 Å². The van der Waals surface area contributed by atoms with Crippen molar-refractivity contribution in [1.82, 2.24) is 4.90 Å². The third-order valence-electron chi connectivity index (χ3n) is 2.93. The van der Waals surface area contributed by atoms with Gasteiger partial charge in [-0.3, -0.25) is 0 Å². The zero-order chi connectivity index (χ0) is 10.6. The van der Waals surface area contributed by atoms with Crippen molar-refractivity contribution in [3.63, 3.8) is 0 Å². The Kier molecular flexibility index (Phi) is 3.92. The summed E-state index contributed by atoms with van der Waals surface area (Å²) < 4.78 is 4.63. The third-order valence-corrected chi connectivity index (χ3v) is 2.93. The van der Waals surface area contributed by atoms with E-state index in [-0.39, 0.29) is 12.0 Å². The van der Waals surface area contributed by atoms with Crippen molar-refractivity contribution in [1.29, 1.82) is 0 Å². The van der Waals surface area contributed by atoms with Crippen molar-refractivity contribution < 1.29 is 14.3 Å². The van der Waals surface area contributed by atoms with Crippen LogP contribution >= 0.6 is 0 Å². The van der Waals surface area contributed by atoms with Crippen LogP contribution in [0.15, 0.2) is 0 Å². The fourth-order valence-corrected chi connectivity index (χ4v) is 1.85. The minimum Gasteiger partial charge on any atom is -0.453 e. The number of carbonyl (C=O) groups excluding carboxylic acids is 2. The number of piperidine rings is 1. The fourth-order valence-electron chi connectivity index (χ4n) is 1.85. The highest BCUT2D eigenvalue weighted by atomic mass is 16.5. The first kappa shape index (κ1) is 11.0. The Bertz CT molecular complexity index is 209. The molecule has 1 amide bonds. The Hall–Kier alpha value is -1.06. The van der Waals surface area contributed by atoms with Crippen LogP contribution in [0, 0.1) is 11.8 Å². The normalized spacial score (nSPS) is 20.3. The number of nitrogens with zero attached hydrogens (tertiary/aromatic N) is 1. The molecule has 0 aromatic carbocycles. The van der Waals surface area contributed by atoms with Crippen LogP contribution < -0.4 is 0 Å². The summed E-state index contributed by atoms with van der Waals surface area (Å²) in [5.41, 5.74) is 0. The minimum absolute atomic E-state index is 0.106. The van der Waals surface area contributed by atoms with Gasteiger partial charge in [0.15, 0.2) is 0 Å². The second-order valence-corrected chi connectivity index (χ2v) is 3.79. The number of ether oxygens (including phenoxy) is 1. The molecule has 1 heterocycles. The number of hydrogen-bond acceptors (Lipinski definition) is 3. The predicted octanol–water partition coefficient (Wildman–Crippen LogP) is 1.30. The molecule has 1 aliphatic heterocycles. The Labute approximate surface area is 84.2 Å². The average molecular weight is 199 g/mol. The first-order chi connectivity index (χ1) is 6.69. The number of hydrogen-bond donors (Lipinski definition) is 0. The summed E-state index contributed by atoms with van der Waals surface area (Å²) >= 11 is 0. The molecule has 4 nitrogen and oxygen atoms in total. The predicted molar refractivity (Wildman–Crippen MR) is 51.9 cm³/mol. The van der Waals surface area contributed by atoms with Crippen LogP contribution in [0.2, 0.25) is 0 Å². The van der Waals surface area contributed by atoms with E-state index >= 15 is 0 Å². The van der Waals surface area contributed by atoms with E-state index in [4.69, 9.17) is 0 Å². The van der Waals surface area contributed by atoms with E-state index in [1.165, 1.54) is 7.11 Å². The highest BCUT2D eigenvalue weighted by Gasteiger charge is 2.26. The molecule has 1 rings (SSSR count). The molecule has 1 atom stereocenters. The van der Waals surface area contributed by atoms with Gasteiger partial charge < -0.3 is 14.4 Å². The van der Waals surface area contributed by atoms with E-state index in [9.17, 15) is 9.59 Å². The summed E-state index contributed by atoms with van der Waals surface area (Å²) in [6.45, 7) is 3.34. The molecule has 0 N–H and O–H groups in total. The maximum Gasteiger partial charge on any atom is 0.409 e. The summed E-state index contributed by atoms with van der Waals surface area (Å²) in [6.07, 6.45) is 2.53. The zero-order valence-corrected chi connectivity index (χ0v) is 8.73. The molecule has 0 aromatic rings. The van der Waals surface area contributed by atoms with Gasteiger partial charge in [-0.25, -0.2) is 4.79 Å². The van der Waals surface area contributed by atoms with Gasteiger partial charge in [0.1, 0.15) is 6.29 Å². The lowest BCUT2D eigenvalue weighted by molar-refractivity contribution is -0.112. The first-order valence-corrected chi connectivity index (χ1v) is 4.97. The molecule has 0 saturated carbocycles. The minimum atomic E-state index is -0.262. The lowest BCUT2D eigenvalue weighted by Gasteiger charge is -2.32. The molecule has 80 valence electrons. The summed E-state index contributed by atoms with van der Waals surface area (Å²) in [5.74, 6) is 0.531. The van der Waals surface area contributed by atoms with Crippen molar-refractivity contribution >= 4 is 12.4 Å². The van der Waals surface area contributed by atoms with Crippen LogP contribution in [0.1, 0.15) is 19.8 Å². The van der Waals surface area contributed by atoms with Crippen molar-refractivity contribution in [2.75, 3.05) is 20.2 Å². The molecule has 1 saturated heterocycles. The van der Waals surface area contributed by atoms with Crippen molar-refractivity contribution in [3.05, 3.63) is 0 Å². The molecule has 4 heteroatoms. The Balaban J connectivity index is 2.38. The molecule has 0 aliphatic carbocycles. The van der Waals surface area contributed by atoms with Gasteiger partial charge in [0.25, 0.3) is 0 Å². The molecule has 0 radical (unpaired) electrons. The quantitative estimate of drug-likeness (QED) is 0.630. The third kappa shape index (κ3) is 2.47. The molecule has 0 spiro atoms. The highest BCUT2D eigenvalue weighted by Crippen LogP contribution is 2.23.